The molecule has 0 amide bonds. The van der Waals surface area contributed by atoms with Crippen LogP contribution in [0.4, 0.5) is 0 Å². The van der Waals surface area contributed by atoms with Gasteiger partial charge in [0.05, 0.1) is 12.3 Å². The van der Waals surface area contributed by atoms with E-state index in [4.69, 9.17) is 4.42 Å². The van der Waals surface area contributed by atoms with Crippen LogP contribution in [0.5, 0.6) is 0 Å². The van der Waals surface area contributed by atoms with Crippen molar-refractivity contribution in [3.8, 4) is 0 Å². The topological polar surface area (TPSA) is 25.2 Å². The number of nitrogens with one attached hydrogen (secondary N) is 1. The van der Waals surface area contributed by atoms with Gasteiger partial charge in [-0.05, 0) is 54.0 Å². The maximum Gasteiger partial charge on any atom is 0.174 e. The van der Waals surface area contributed by atoms with E-state index in [-0.39, 0.29) is 6.04 Å². The lowest BCUT2D eigenvalue weighted by Gasteiger charge is -2.17. The van der Waals surface area contributed by atoms with E-state index in [0.717, 1.165) is 16.8 Å². The molecule has 0 aliphatic heterocycles. The molecule has 2 rings (SSSR count). The Balaban J connectivity index is 2.42. The van der Waals surface area contributed by atoms with E-state index in [1.807, 2.05) is 17.4 Å². The summed E-state index contributed by atoms with van der Waals surface area (Å²) in [4.78, 5) is 2.71. The van der Waals surface area contributed by atoms with Crippen molar-refractivity contribution in [1.82, 2.24) is 5.32 Å². The monoisotopic (exact) mass is 313 g/mol. The highest BCUT2D eigenvalue weighted by molar-refractivity contribution is 9.10. The Bertz CT molecular complexity index is 503. The van der Waals surface area contributed by atoms with Gasteiger partial charge in [-0.3, -0.25) is 0 Å². The maximum absolute atomic E-state index is 5.34. The number of rotatable bonds is 4. The van der Waals surface area contributed by atoms with Crippen LogP contribution in [-0.2, 0) is 0 Å². The molecule has 0 fully saturated rings. The van der Waals surface area contributed by atoms with Crippen molar-refractivity contribution in [3.05, 3.63) is 43.9 Å². The number of furan rings is 1. The van der Waals surface area contributed by atoms with Crippen molar-refractivity contribution >= 4 is 27.3 Å². The molecule has 4 heteroatoms. The van der Waals surface area contributed by atoms with Crippen LogP contribution < -0.4 is 5.32 Å². The minimum Gasteiger partial charge on any atom is -0.457 e. The van der Waals surface area contributed by atoms with Crippen LogP contribution >= 0.6 is 27.3 Å². The largest absolute Gasteiger partial charge is 0.457 e. The third-order valence-electron chi connectivity index (χ3n) is 2.76. The highest BCUT2D eigenvalue weighted by Gasteiger charge is 2.20. The van der Waals surface area contributed by atoms with E-state index in [0.29, 0.717) is 0 Å². The summed E-state index contributed by atoms with van der Waals surface area (Å²) in [5.41, 5.74) is 2.50. The molecule has 92 valence electrons. The molecule has 0 aromatic carbocycles. The fraction of sp³-hybridized carbons (Fsp3) is 0.385. The van der Waals surface area contributed by atoms with Crippen molar-refractivity contribution in [3.63, 3.8) is 0 Å². The summed E-state index contributed by atoms with van der Waals surface area (Å²) in [6.45, 7) is 7.37. The van der Waals surface area contributed by atoms with E-state index in [1.54, 1.807) is 6.26 Å². The van der Waals surface area contributed by atoms with Crippen LogP contribution in [0.25, 0.3) is 0 Å². The van der Waals surface area contributed by atoms with Gasteiger partial charge in [0.15, 0.2) is 4.67 Å². The van der Waals surface area contributed by atoms with Gasteiger partial charge in [-0.25, -0.2) is 0 Å². The maximum atomic E-state index is 5.34. The molecular weight excluding hydrogens is 298 g/mol. The lowest BCUT2D eigenvalue weighted by atomic mass is 10.0. The van der Waals surface area contributed by atoms with Gasteiger partial charge in [-0.15, -0.1) is 11.3 Å². The van der Waals surface area contributed by atoms with Crippen LogP contribution in [-0.4, -0.2) is 6.54 Å². The molecular formula is C13H16BrNOS. The fourth-order valence-corrected chi connectivity index (χ4v) is 3.47. The van der Waals surface area contributed by atoms with Crippen LogP contribution in [0.3, 0.4) is 0 Å². The molecule has 0 saturated carbocycles. The van der Waals surface area contributed by atoms with E-state index in [1.165, 1.54) is 15.3 Å². The predicted octanol–water partition coefficient (Wildman–Crippen LogP) is 4.42. The molecule has 0 saturated heterocycles. The Labute approximate surface area is 114 Å². The second-order valence-electron chi connectivity index (χ2n) is 4.01. The smallest absolute Gasteiger partial charge is 0.174 e. The first-order valence-electron chi connectivity index (χ1n) is 5.66. The number of halogens is 1. The third-order valence-corrected chi connectivity index (χ3v) is 4.38. The first kappa shape index (κ1) is 12.9. The van der Waals surface area contributed by atoms with Crippen molar-refractivity contribution in [2.45, 2.75) is 26.8 Å². The molecule has 2 aromatic rings. The Morgan fingerprint density at radius 2 is 2.18 bits per heavy atom. The first-order chi connectivity index (χ1) is 8.13. The minimum atomic E-state index is 0.207. The van der Waals surface area contributed by atoms with Gasteiger partial charge in [-0.1, -0.05) is 6.92 Å². The Hall–Kier alpha value is -0.580. The molecule has 0 aliphatic rings. The zero-order valence-electron chi connectivity index (χ0n) is 10.2. The molecule has 1 atom stereocenters. The van der Waals surface area contributed by atoms with Crippen LogP contribution in [0.2, 0.25) is 0 Å². The zero-order chi connectivity index (χ0) is 12.4. The first-order valence-corrected chi connectivity index (χ1v) is 7.27. The molecule has 0 spiro atoms. The van der Waals surface area contributed by atoms with Crippen LogP contribution in [0.1, 0.15) is 33.8 Å². The summed E-state index contributed by atoms with van der Waals surface area (Å²) < 4.78 is 6.15. The standard InChI is InChI=1S/C13H16BrNOS/c1-4-15-12(10-5-6-16-13(10)14)11-7-8(2)17-9(11)3/h5-7,12,15H,4H2,1-3H3. The molecule has 2 heterocycles. The number of hydrogen-bond donors (Lipinski definition) is 1. The molecule has 2 aromatic heterocycles. The van der Waals surface area contributed by atoms with Crippen molar-refractivity contribution < 1.29 is 4.42 Å². The van der Waals surface area contributed by atoms with Gasteiger partial charge in [-0.2, -0.15) is 0 Å². The van der Waals surface area contributed by atoms with E-state index >= 15 is 0 Å². The summed E-state index contributed by atoms with van der Waals surface area (Å²) in [5.74, 6) is 0. The second kappa shape index (κ2) is 5.38. The molecule has 0 bridgehead atoms. The van der Waals surface area contributed by atoms with Gasteiger partial charge in [0.25, 0.3) is 0 Å². The van der Waals surface area contributed by atoms with Gasteiger partial charge in [0.1, 0.15) is 0 Å². The summed E-state index contributed by atoms with van der Waals surface area (Å²) in [7, 11) is 0. The Morgan fingerprint density at radius 3 is 2.65 bits per heavy atom. The molecule has 1 unspecified atom stereocenters. The van der Waals surface area contributed by atoms with E-state index in [9.17, 15) is 0 Å². The normalized spacial score (nSPS) is 12.9. The minimum absolute atomic E-state index is 0.207. The average molecular weight is 314 g/mol. The van der Waals surface area contributed by atoms with Crippen molar-refractivity contribution in [2.24, 2.45) is 0 Å². The van der Waals surface area contributed by atoms with Gasteiger partial charge in [0.2, 0.25) is 0 Å². The number of aryl methyl sites for hydroxylation is 2. The third kappa shape index (κ3) is 2.64. The van der Waals surface area contributed by atoms with Gasteiger partial charge in [0, 0.05) is 15.3 Å². The Morgan fingerprint density at radius 1 is 1.41 bits per heavy atom. The summed E-state index contributed by atoms with van der Waals surface area (Å²) in [6.07, 6.45) is 1.72. The van der Waals surface area contributed by atoms with Crippen LogP contribution in [0.15, 0.2) is 27.5 Å². The quantitative estimate of drug-likeness (QED) is 0.904. The summed E-state index contributed by atoms with van der Waals surface area (Å²) in [5, 5.41) is 3.51. The molecule has 1 N–H and O–H groups in total. The summed E-state index contributed by atoms with van der Waals surface area (Å²) >= 11 is 5.30. The zero-order valence-corrected chi connectivity index (χ0v) is 12.6. The molecule has 0 aliphatic carbocycles. The number of hydrogen-bond acceptors (Lipinski definition) is 3. The molecule has 2 nitrogen and oxygen atoms in total. The summed E-state index contributed by atoms with van der Waals surface area (Å²) in [6, 6.07) is 4.48. The van der Waals surface area contributed by atoms with E-state index in [2.05, 4.69) is 48.1 Å². The lowest BCUT2D eigenvalue weighted by molar-refractivity contribution is 0.526. The highest BCUT2D eigenvalue weighted by atomic mass is 79.9. The second-order valence-corrected chi connectivity index (χ2v) is 6.19. The van der Waals surface area contributed by atoms with E-state index < -0.39 is 0 Å². The lowest BCUT2D eigenvalue weighted by Crippen LogP contribution is -2.22. The molecule has 0 radical (unpaired) electrons. The van der Waals surface area contributed by atoms with Crippen molar-refractivity contribution in [2.75, 3.05) is 6.54 Å². The highest BCUT2D eigenvalue weighted by Crippen LogP contribution is 2.34. The Kier molecular flexibility index (Phi) is 4.07. The number of thiophene rings is 1. The van der Waals surface area contributed by atoms with Gasteiger partial charge >= 0.3 is 0 Å². The van der Waals surface area contributed by atoms with Gasteiger partial charge < -0.3 is 9.73 Å². The molecule has 17 heavy (non-hydrogen) atoms. The fourth-order valence-electron chi connectivity index (χ4n) is 2.04. The van der Waals surface area contributed by atoms with Crippen LogP contribution in [0, 0.1) is 13.8 Å². The van der Waals surface area contributed by atoms with Crippen molar-refractivity contribution in [1.29, 1.82) is 0 Å². The SMILES string of the molecule is CCNC(c1ccoc1Br)c1cc(C)sc1C. The average Bonchev–Trinajstić information content (AvgIpc) is 2.82. The predicted molar refractivity (Wildman–Crippen MR) is 75.7 cm³/mol.